The summed E-state index contributed by atoms with van der Waals surface area (Å²) in [6.07, 6.45) is 1.18. The molecule has 2 atom stereocenters. The molecular formula is C10H24O2Si. The highest BCUT2D eigenvalue weighted by molar-refractivity contribution is 6.46. The van der Waals surface area contributed by atoms with E-state index in [4.69, 9.17) is 8.85 Å². The van der Waals surface area contributed by atoms with Gasteiger partial charge >= 0.3 is 9.28 Å². The van der Waals surface area contributed by atoms with Crippen LogP contribution in [0.15, 0.2) is 0 Å². The first-order chi connectivity index (χ1) is 5.90. The van der Waals surface area contributed by atoms with Crippen LogP contribution in [0.4, 0.5) is 0 Å². The Morgan fingerprint density at radius 1 is 1.31 bits per heavy atom. The molecule has 2 nitrogen and oxygen atoms in total. The monoisotopic (exact) mass is 204 g/mol. The molecule has 0 spiro atoms. The van der Waals surface area contributed by atoms with Crippen molar-refractivity contribution in [3.63, 3.8) is 0 Å². The van der Waals surface area contributed by atoms with Gasteiger partial charge in [-0.15, -0.1) is 0 Å². The normalized spacial score (nSPS) is 17.1. The van der Waals surface area contributed by atoms with Crippen molar-refractivity contribution in [1.82, 2.24) is 0 Å². The third kappa shape index (κ3) is 6.24. The molecule has 0 saturated carbocycles. The van der Waals surface area contributed by atoms with Crippen LogP contribution in [0.2, 0.25) is 5.54 Å². The van der Waals surface area contributed by atoms with E-state index < -0.39 is 9.28 Å². The molecule has 80 valence electrons. The van der Waals surface area contributed by atoms with Crippen molar-refractivity contribution in [2.45, 2.75) is 46.6 Å². The van der Waals surface area contributed by atoms with Crippen LogP contribution in [-0.2, 0) is 8.85 Å². The van der Waals surface area contributed by atoms with Gasteiger partial charge in [0.05, 0.1) is 0 Å². The first-order valence-electron chi connectivity index (χ1n) is 5.05. The van der Waals surface area contributed by atoms with E-state index >= 15 is 0 Å². The minimum atomic E-state index is -1.41. The quantitative estimate of drug-likeness (QED) is 0.641. The average molecular weight is 204 g/mol. The summed E-state index contributed by atoms with van der Waals surface area (Å²) in [5.74, 6) is 0. The maximum atomic E-state index is 5.62. The van der Waals surface area contributed by atoms with Gasteiger partial charge in [0.15, 0.2) is 0 Å². The van der Waals surface area contributed by atoms with Gasteiger partial charge in [-0.3, -0.25) is 0 Å². The smallest absolute Gasteiger partial charge is 0.324 e. The number of hydrogen-bond acceptors (Lipinski definition) is 2. The van der Waals surface area contributed by atoms with Gasteiger partial charge in [-0.2, -0.15) is 0 Å². The van der Waals surface area contributed by atoms with Crippen LogP contribution in [0, 0.1) is 5.41 Å². The molecule has 0 saturated heterocycles. The summed E-state index contributed by atoms with van der Waals surface area (Å²) in [5.41, 5.74) is 0.963. The Bertz CT molecular complexity index is 131. The second-order valence-electron chi connectivity index (χ2n) is 4.80. The fraction of sp³-hybridized carbons (Fsp3) is 1.00. The standard InChI is InChI=1S/C10H24O2Si/c1-7-12-13(11-6)9(2)8-10(3,4)5/h9,13H,7-8H2,1-6H3. The van der Waals surface area contributed by atoms with E-state index in [1.165, 1.54) is 6.42 Å². The van der Waals surface area contributed by atoms with Crippen LogP contribution in [0.25, 0.3) is 0 Å². The van der Waals surface area contributed by atoms with Crippen molar-refractivity contribution in [3.8, 4) is 0 Å². The Morgan fingerprint density at radius 3 is 2.15 bits per heavy atom. The second-order valence-corrected chi connectivity index (χ2v) is 7.48. The minimum absolute atomic E-state index is 0.375. The van der Waals surface area contributed by atoms with Crippen LogP contribution in [0.1, 0.15) is 41.0 Å². The van der Waals surface area contributed by atoms with Crippen molar-refractivity contribution in [3.05, 3.63) is 0 Å². The van der Waals surface area contributed by atoms with Crippen LogP contribution < -0.4 is 0 Å². The van der Waals surface area contributed by atoms with Crippen molar-refractivity contribution in [2.75, 3.05) is 13.7 Å². The van der Waals surface area contributed by atoms with E-state index in [9.17, 15) is 0 Å². The molecule has 0 amide bonds. The SMILES string of the molecule is CCO[SiH](OC)C(C)CC(C)(C)C. The number of hydrogen-bond donors (Lipinski definition) is 0. The highest BCUT2D eigenvalue weighted by Gasteiger charge is 2.25. The largest absolute Gasteiger partial charge is 0.400 e. The van der Waals surface area contributed by atoms with Gasteiger partial charge in [0.25, 0.3) is 0 Å². The van der Waals surface area contributed by atoms with E-state index in [1.54, 1.807) is 7.11 Å². The third-order valence-electron chi connectivity index (χ3n) is 1.96. The van der Waals surface area contributed by atoms with Crippen molar-refractivity contribution >= 4 is 9.28 Å². The van der Waals surface area contributed by atoms with Crippen LogP contribution >= 0.6 is 0 Å². The summed E-state index contributed by atoms with van der Waals surface area (Å²) in [6, 6.07) is 0. The molecule has 0 N–H and O–H groups in total. The van der Waals surface area contributed by atoms with Crippen LogP contribution in [0.3, 0.4) is 0 Å². The van der Waals surface area contributed by atoms with Gasteiger partial charge in [-0.05, 0) is 24.3 Å². The molecule has 0 radical (unpaired) electrons. The molecule has 0 aliphatic carbocycles. The zero-order valence-corrected chi connectivity index (χ0v) is 11.0. The van der Waals surface area contributed by atoms with Crippen molar-refractivity contribution < 1.29 is 8.85 Å². The van der Waals surface area contributed by atoms with Crippen molar-refractivity contribution in [2.24, 2.45) is 5.41 Å². The molecule has 2 unspecified atom stereocenters. The van der Waals surface area contributed by atoms with Gasteiger partial charge < -0.3 is 8.85 Å². The fourth-order valence-electron chi connectivity index (χ4n) is 1.69. The average Bonchev–Trinajstić information content (AvgIpc) is 1.96. The molecule has 13 heavy (non-hydrogen) atoms. The maximum absolute atomic E-state index is 5.62. The number of rotatable bonds is 5. The summed E-state index contributed by atoms with van der Waals surface area (Å²) >= 11 is 0. The zero-order chi connectivity index (χ0) is 10.5. The van der Waals surface area contributed by atoms with Crippen LogP contribution in [0.5, 0.6) is 0 Å². The molecular weight excluding hydrogens is 180 g/mol. The predicted octanol–water partition coefficient (Wildman–Crippen LogP) is 2.72. The first kappa shape index (κ1) is 13.1. The van der Waals surface area contributed by atoms with Gasteiger partial charge in [0, 0.05) is 13.7 Å². The van der Waals surface area contributed by atoms with E-state index in [2.05, 4.69) is 27.7 Å². The molecule has 0 aliphatic heterocycles. The molecule has 0 rings (SSSR count). The minimum Gasteiger partial charge on any atom is -0.400 e. The van der Waals surface area contributed by atoms with E-state index in [0.29, 0.717) is 11.0 Å². The van der Waals surface area contributed by atoms with E-state index in [0.717, 1.165) is 6.61 Å². The summed E-state index contributed by atoms with van der Waals surface area (Å²) in [7, 11) is 0.363. The summed E-state index contributed by atoms with van der Waals surface area (Å²) < 4.78 is 11.0. The van der Waals surface area contributed by atoms with E-state index in [-0.39, 0.29) is 0 Å². The van der Waals surface area contributed by atoms with Gasteiger partial charge in [-0.1, -0.05) is 27.7 Å². The second kappa shape index (κ2) is 5.78. The molecule has 0 aliphatic rings. The lowest BCUT2D eigenvalue weighted by Crippen LogP contribution is -2.28. The lowest BCUT2D eigenvalue weighted by Gasteiger charge is -2.27. The highest BCUT2D eigenvalue weighted by Crippen LogP contribution is 2.29. The molecule has 3 heteroatoms. The van der Waals surface area contributed by atoms with Gasteiger partial charge in [-0.25, -0.2) is 0 Å². The van der Waals surface area contributed by atoms with Crippen molar-refractivity contribution in [1.29, 1.82) is 0 Å². The molecule has 0 heterocycles. The molecule has 0 aromatic rings. The third-order valence-corrected chi connectivity index (χ3v) is 4.25. The molecule has 0 aromatic carbocycles. The lowest BCUT2D eigenvalue weighted by atomic mass is 9.91. The maximum Gasteiger partial charge on any atom is 0.324 e. The Hall–Kier alpha value is 0.137. The molecule has 0 aromatic heterocycles. The topological polar surface area (TPSA) is 18.5 Å². The summed E-state index contributed by atoms with van der Waals surface area (Å²) in [6.45, 7) is 11.8. The van der Waals surface area contributed by atoms with Gasteiger partial charge in [0.2, 0.25) is 0 Å². The first-order valence-corrected chi connectivity index (χ1v) is 6.66. The Kier molecular flexibility index (Phi) is 5.84. The summed E-state index contributed by atoms with van der Waals surface area (Å²) in [4.78, 5) is 0. The predicted molar refractivity (Wildman–Crippen MR) is 59.3 cm³/mol. The Morgan fingerprint density at radius 2 is 1.85 bits per heavy atom. The fourth-order valence-corrected chi connectivity index (χ4v) is 3.85. The summed E-state index contributed by atoms with van der Waals surface area (Å²) in [5, 5.41) is 0. The highest BCUT2D eigenvalue weighted by atomic mass is 28.3. The van der Waals surface area contributed by atoms with E-state index in [1.807, 2.05) is 6.92 Å². The molecule has 0 fully saturated rings. The molecule has 0 bridgehead atoms. The zero-order valence-electron chi connectivity index (χ0n) is 9.89. The Balaban J connectivity index is 3.97. The Labute approximate surface area is 84.5 Å². The van der Waals surface area contributed by atoms with Crippen LogP contribution in [-0.4, -0.2) is 23.0 Å². The lowest BCUT2D eigenvalue weighted by molar-refractivity contribution is 0.220. The van der Waals surface area contributed by atoms with Gasteiger partial charge in [0.1, 0.15) is 0 Å².